The van der Waals surface area contributed by atoms with Gasteiger partial charge in [-0.25, -0.2) is 0 Å². The van der Waals surface area contributed by atoms with Crippen LogP contribution in [0.25, 0.3) is 0 Å². The zero-order valence-electron chi connectivity index (χ0n) is 15.5. The number of carbonyl (C=O) groups is 2. The zero-order valence-corrected chi connectivity index (χ0v) is 16.4. The molecule has 2 aromatic carbocycles. The molecule has 1 aliphatic rings. The molecule has 0 saturated carbocycles. The van der Waals surface area contributed by atoms with Crippen molar-refractivity contribution in [1.82, 2.24) is 9.80 Å². The molecule has 3 rings (SSSR count). The molecular weight excluding hydrogens is 404 g/mol. The van der Waals surface area contributed by atoms with Crippen LogP contribution in [0.3, 0.4) is 0 Å². The Morgan fingerprint density at radius 3 is 2.07 bits per heavy atom. The highest BCUT2D eigenvalue weighted by Gasteiger charge is 2.29. The largest absolute Gasteiger partial charge is 0.434 e. The van der Waals surface area contributed by atoms with E-state index < -0.39 is 18.6 Å². The molecule has 1 saturated heterocycles. The molecule has 0 aliphatic carbocycles. The molecule has 0 bridgehead atoms. The minimum atomic E-state index is -3.01. The molecule has 1 fully saturated rings. The lowest BCUT2D eigenvalue weighted by Crippen LogP contribution is -2.52. The molecule has 0 radical (unpaired) electrons. The first-order valence-corrected chi connectivity index (χ1v) is 8.90. The van der Waals surface area contributed by atoms with E-state index in [1.165, 1.54) is 23.1 Å². The summed E-state index contributed by atoms with van der Waals surface area (Å²) in [4.78, 5) is 28.5. The lowest BCUT2D eigenvalue weighted by atomic mass is 10.1. The zero-order chi connectivity index (χ0) is 20.1. The number of benzene rings is 2. The Labute approximate surface area is 173 Å². The molecule has 156 valence electrons. The fraction of sp³-hybridized carbons (Fsp3) is 0.300. The summed E-state index contributed by atoms with van der Waals surface area (Å²) in [5, 5.41) is 0. The smallest absolute Gasteiger partial charge is 0.387 e. The van der Waals surface area contributed by atoms with Gasteiger partial charge in [0.05, 0.1) is 5.56 Å². The van der Waals surface area contributed by atoms with Crippen LogP contribution in [0.15, 0.2) is 54.6 Å². The van der Waals surface area contributed by atoms with Crippen molar-refractivity contribution in [3.63, 3.8) is 0 Å². The molecule has 1 heterocycles. The number of carbonyl (C=O) groups excluding carboxylic acids is 2. The monoisotopic (exact) mass is 425 g/mol. The third kappa shape index (κ3) is 5.42. The van der Waals surface area contributed by atoms with Crippen LogP contribution in [0, 0.1) is 0 Å². The molecule has 1 atom stereocenters. The van der Waals surface area contributed by atoms with Gasteiger partial charge in [-0.3, -0.25) is 9.59 Å². The molecule has 2 N–H and O–H groups in total. The Balaban J connectivity index is 0.00000300. The Morgan fingerprint density at radius 1 is 0.897 bits per heavy atom. The third-order valence-electron chi connectivity index (χ3n) is 4.64. The maximum Gasteiger partial charge on any atom is 0.387 e. The maximum atomic E-state index is 12.7. The van der Waals surface area contributed by atoms with Crippen molar-refractivity contribution in [3.05, 3.63) is 65.7 Å². The van der Waals surface area contributed by atoms with Gasteiger partial charge in [-0.2, -0.15) is 8.78 Å². The van der Waals surface area contributed by atoms with E-state index in [4.69, 9.17) is 5.73 Å². The lowest BCUT2D eigenvalue weighted by molar-refractivity contribution is -0.134. The number of piperazine rings is 1. The van der Waals surface area contributed by atoms with Gasteiger partial charge >= 0.3 is 6.61 Å². The van der Waals surface area contributed by atoms with Gasteiger partial charge in [-0.1, -0.05) is 42.5 Å². The maximum absolute atomic E-state index is 12.7. The van der Waals surface area contributed by atoms with E-state index in [1.54, 1.807) is 23.1 Å². The van der Waals surface area contributed by atoms with Crippen LogP contribution in [-0.4, -0.2) is 54.4 Å². The van der Waals surface area contributed by atoms with Crippen LogP contribution in [0.4, 0.5) is 8.78 Å². The minimum absolute atomic E-state index is 0. The summed E-state index contributed by atoms with van der Waals surface area (Å²) in [6.07, 6.45) is 0. The molecule has 1 unspecified atom stereocenters. The summed E-state index contributed by atoms with van der Waals surface area (Å²) in [5.41, 5.74) is 6.86. The van der Waals surface area contributed by atoms with E-state index in [2.05, 4.69) is 4.74 Å². The van der Waals surface area contributed by atoms with Crippen molar-refractivity contribution in [1.29, 1.82) is 0 Å². The second-order valence-electron chi connectivity index (χ2n) is 6.38. The van der Waals surface area contributed by atoms with E-state index in [0.29, 0.717) is 13.1 Å². The normalized spacial score (nSPS) is 14.9. The number of alkyl halides is 2. The quantitative estimate of drug-likeness (QED) is 0.799. The number of para-hydroxylation sites is 1. The summed E-state index contributed by atoms with van der Waals surface area (Å²) in [5.74, 6) is -0.775. The molecule has 6 nitrogen and oxygen atoms in total. The van der Waals surface area contributed by atoms with Gasteiger partial charge in [0.25, 0.3) is 5.91 Å². The van der Waals surface area contributed by atoms with E-state index >= 15 is 0 Å². The molecular formula is C20H22ClF2N3O3. The van der Waals surface area contributed by atoms with Crippen LogP contribution in [0.1, 0.15) is 22.0 Å². The number of ether oxygens (including phenoxy) is 1. The predicted molar refractivity (Wildman–Crippen MR) is 106 cm³/mol. The Hall–Kier alpha value is -2.71. The number of nitrogens with two attached hydrogens (primary N) is 1. The van der Waals surface area contributed by atoms with E-state index in [0.717, 1.165) is 5.56 Å². The molecule has 29 heavy (non-hydrogen) atoms. The number of rotatable bonds is 5. The van der Waals surface area contributed by atoms with Gasteiger partial charge in [-0.15, -0.1) is 12.4 Å². The minimum Gasteiger partial charge on any atom is -0.434 e. The van der Waals surface area contributed by atoms with Crippen LogP contribution < -0.4 is 10.5 Å². The number of nitrogens with zero attached hydrogens (tertiary/aromatic N) is 2. The highest BCUT2D eigenvalue weighted by Crippen LogP contribution is 2.23. The standard InChI is InChI=1S/C20H21F2N3O3.ClH/c21-20(22)28-16-9-5-4-8-15(16)18(26)24-10-12-25(13-11-24)19(27)17(23)14-6-2-1-3-7-14;/h1-9,17,20H,10-13,23H2;1H. The average molecular weight is 426 g/mol. The SMILES string of the molecule is Cl.NC(C(=O)N1CCN(C(=O)c2ccccc2OC(F)F)CC1)c1ccccc1. The topological polar surface area (TPSA) is 75.9 Å². The van der Waals surface area contributed by atoms with Crippen molar-refractivity contribution in [3.8, 4) is 5.75 Å². The highest BCUT2D eigenvalue weighted by molar-refractivity contribution is 5.97. The molecule has 2 amide bonds. The predicted octanol–water partition coefficient (Wildman–Crippen LogP) is 2.69. The van der Waals surface area contributed by atoms with Crippen molar-refractivity contribution < 1.29 is 23.1 Å². The van der Waals surface area contributed by atoms with E-state index in [-0.39, 0.29) is 42.7 Å². The Kier molecular flexibility index (Phi) is 7.92. The lowest BCUT2D eigenvalue weighted by Gasteiger charge is -2.36. The van der Waals surface area contributed by atoms with Crippen molar-refractivity contribution in [2.24, 2.45) is 5.73 Å². The van der Waals surface area contributed by atoms with Gasteiger partial charge in [0.1, 0.15) is 11.8 Å². The number of hydrogen-bond acceptors (Lipinski definition) is 4. The Bertz CT molecular complexity index is 831. The van der Waals surface area contributed by atoms with Gasteiger partial charge in [0.15, 0.2) is 0 Å². The highest BCUT2D eigenvalue weighted by atomic mass is 35.5. The van der Waals surface area contributed by atoms with E-state index in [1.807, 2.05) is 18.2 Å². The van der Waals surface area contributed by atoms with Gasteiger partial charge in [0, 0.05) is 26.2 Å². The summed E-state index contributed by atoms with van der Waals surface area (Å²) in [7, 11) is 0. The molecule has 0 aromatic heterocycles. The molecule has 0 spiro atoms. The first-order valence-electron chi connectivity index (χ1n) is 8.90. The van der Waals surface area contributed by atoms with Gasteiger partial charge < -0.3 is 20.3 Å². The van der Waals surface area contributed by atoms with Crippen LogP contribution >= 0.6 is 12.4 Å². The summed E-state index contributed by atoms with van der Waals surface area (Å²) < 4.78 is 29.6. The number of halogens is 3. The fourth-order valence-corrected chi connectivity index (χ4v) is 3.14. The van der Waals surface area contributed by atoms with Gasteiger partial charge in [-0.05, 0) is 17.7 Å². The second-order valence-corrected chi connectivity index (χ2v) is 6.38. The summed E-state index contributed by atoms with van der Waals surface area (Å²) in [6, 6.07) is 14.2. The van der Waals surface area contributed by atoms with Crippen molar-refractivity contribution in [2.45, 2.75) is 12.7 Å². The third-order valence-corrected chi connectivity index (χ3v) is 4.64. The second kappa shape index (κ2) is 10.2. The summed E-state index contributed by atoms with van der Waals surface area (Å²) in [6.45, 7) is -1.79. The Morgan fingerprint density at radius 2 is 1.45 bits per heavy atom. The summed E-state index contributed by atoms with van der Waals surface area (Å²) >= 11 is 0. The van der Waals surface area contributed by atoms with Crippen molar-refractivity contribution in [2.75, 3.05) is 26.2 Å². The fourth-order valence-electron chi connectivity index (χ4n) is 3.14. The number of hydrogen-bond donors (Lipinski definition) is 1. The van der Waals surface area contributed by atoms with E-state index in [9.17, 15) is 18.4 Å². The van der Waals surface area contributed by atoms with Crippen LogP contribution in [-0.2, 0) is 4.79 Å². The van der Waals surface area contributed by atoms with Crippen LogP contribution in [0.2, 0.25) is 0 Å². The molecule has 2 aromatic rings. The average Bonchev–Trinajstić information content (AvgIpc) is 2.73. The molecule has 9 heteroatoms. The molecule has 1 aliphatic heterocycles. The first-order chi connectivity index (χ1) is 13.5. The van der Waals surface area contributed by atoms with Gasteiger partial charge in [0.2, 0.25) is 5.91 Å². The van der Waals surface area contributed by atoms with Crippen LogP contribution in [0.5, 0.6) is 5.75 Å². The number of amides is 2. The van der Waals surface area contributed by atoms with Crippen molar-refractivity contribution >= 4 is 24.2 Å². The first kappa shape index (κ1) is 22.6.